The summed E-state index contributed by atoms with van der Waals surface area (Å²) in [7, 11) is 0. The molecule has 5 aromatic carbocycles. The maximum atomic E-state index is 12.6. The SMILES string of the molecule is CCCCc1nc(Cl)c(C(C)=O)n1Cc1ccc(-c2ccccc2-c2nnnn2C(c2ccccc2)(c2ccccc2)c2ccccc2)cc1. The zero-order chi connectivity index (χ0) is 34.5. The van der Waals surface area contributed by atoms with Gasteiger partial charge in [0.2, 0.25) is 0 Å². The maximum absolute atomic E-state index is 12.6. The first-order valence-corrected chi connectivity index (χ1v) is 17.3. The summed E-state index contributed by atoms with van der Waals surface area (Å²) in [4.78, 5) is 17.1. The molecule has 0 fully saturated rings. The van der Waals surface area contributed by atoms with E-state index in [0.29, 0.717) is 18.1 Å². The molecule has 8 heteroatoms. The van der Waals surface area contributed by atoms with Crippen molar-refractivity contribution in [1.29, 1.82) is 0 Å². The number of unbranched alkanes of at least 4 members (excludes halogenated alkanes) is 1. The largest absolute Gasteiger partial charge is 0.320 e. The van der Waals surface area contributed by atoms with Crippen LogP contribution in [0.3, 0.4) is 0 Å². The molecule has 0 aliphatic rings. The van der Waals surface area contributed by atoms with Gasteiger partial charge in [-0.1, -0.05) is 164 Å². The number of hydrogen-bond donors (Lipinski definition) is 0. The van der Waals surface area contributed by atoms with E-state index in [-0.39, 0.29) is 10.9 Å². The molecule has 7 rings (SSSR count). The predicted octanol–water partition coefficient (Wildman–Crippen LogP) is 9.29. The van der Waals surface area contributed by atoms with Gasteiger partial charge >= 0.3 is 0 Å². The Morgan fingerprint density at radius 2 is 1.26 bits per heavy atom. The van der Waals surface area contributed by atoms with E-state index in [9.17, 15) is 4.79 Å². The van der Waals surface area contributed by atoms with Gasteiger partial charge in [0.15, 0.2) is 16.8 Å². The Bertz CT molecular complexity index is 2110. The molecule has 0 spiro atoms. The fourth-order valence-electron chi connectivity index (χ4n) is 6.89. The number of aryl methyl sites for hydroxylation is 1. The molecule has 0 bridgehead atoms. The van der Waals surface area contributed by atoms with E-state index in [1.54, 1.807) is 6.92 Å². The van der Waals surface area contributed by atoms with Crippen LogP contribution < -0.4 is 0 Å². The van der Waals surface area contributed by atoms with Crippen molar-refractivity contribution >= 4 is 17.4 Å². The van der Waals surface area contributed by atoms with E-state index in [1.165, 1.54) is 0 Å². The van der Waals surface area contributed by atoms with Gasteiger partial charge in [0, 0.05) is 25.5 Å². The van der Waals surface area contributed by atoms with Crippen LogP contribution in [0.4, 0.5) is 0 Å². The highest BCUT2D eigenvalue weighted by atomic mass is 35.5. The van der Waals surface area contributed by atoms with Crippen LogP contribution in [-0.4, -0.2) is 35.5 Å². The van der Waals surface area contributed by atoms with Crippen molar-refractivity contribution < 1.29 is 4.79 Å². The third-order valence-electron chi connectivity index (χ3n) is 9.23. The van der Waals surface area contributed by atoms with Gasteiger partial charge in [-0.05, 0) is 50.2 Å². The number of aromatic nitrogens is 6. The third-order valence-corrected chi connectivity index (χ3v) is 9.49. The van der Waals surface area contributed by atoms with Crippen LogP contribution in [0.1, 0.15) is 65.3 Å². The number of rotatable bonds is 12. The van der Waals surface area contributed by atoms with Gasteiger partial charge in [-0.25, -0.2) is 9.67 Å². The van der Waals surface area contributed by atoms with Crippen LogP contribution in [0, 0.1) is 0 Å². The zero-order valence-electron chi connectivity index (χ0n) is 28.1. The van der Waals surface area contributed by atoms with Crippen LogP contribution >= 0.6 is 11.6 Å². The summed E-state index contributed by atoms with van der Waals surface area (Å²) in [5.41, 5.74) is 6.67. The molecule has 0 aliphatic heterocycles. The van der Waals surface area contributed by atoms with Crippen molar-refractivity contribution in [2.75, 3.05) is 0 Å². The van der Waals surface area contributed by atoms with Gasteiger partial charge in [-0.2, -0.15) is 0 Å². The van der Waals surface area contributed by atoms with Gasteiger partial charge in [0.25, 0.3) is 0 Å². The first-order chi connectivity index (χ1) is 24.5. The number of nitrogens with zero attached hydrogens (tertiary/aromatic N) is 6. The van der Waals surface area contributed by atoms with Crippen molar-refractivity contribution in [3.63, 3.8) is 0 Å². The van der Waals surface area contributed by atoms with Gasteiger partial charge in [-0.15, -0.1) is 5.10 Å². The summed E-state index contributed by atoms with van der Waals surface area (Å²) >= 11 is 6.45. The van der Waals surface area contributed by atoms with Crippen molar-refractivity contribution in [1.82, 2.24) is 29.8 Å². The minimum Gasteiger partial charge on any atom is -0.320 e. The second-order valence-corrected chi connectivity index (χ2v) is 12.7. The van der Waals surface area contributed by atoms with Crippen molar-refractivity contribution in [3.8, 4) is 22.5 Å². The van der Waals surface area contributed by atoms with E-state index < -0.39 is 5.54 Å². The molecule has 2 heterocycles. The lowest BCUT2D eigenvalue weighted by Gasteiger charge is -2.36. The van der Waals surface area contributed by atoms with Gasteiger partial charge in [-0.3, -0.25) is 4.79 Å². The minimum absolute atomic E-state index is 0.0916. The van der Waals surface area contributed by atoms with Gasteiger partial charge in [0.05, 0.1) is 0 Å². The fourth-order valence-corrected chi connectivity index (χ4v) is 7.22. The molecule has 0 radical (unpaired) electrons. The number of halogens is 1. The van der Waals surface area contributed by atoms with Crippen LogP contribution in [0.25, 0.3) is 22.5 Å². The molecule has 248 valence electrons. The quantitative estimate of drug-likeness (QED) is 0.0952. The van der Waals surface area contributed by atoms with E-state index in [4.69, 9.17) is 21.9 Å². The maximum Gasteiger partial charge on any atom is 0.184 e. The average molecular weight is 677 g/mol. The van der Waals surface area contributed by atoms with Crippen LogP contribution in [-0.2, 0) is 18.5 Å². The number of hydrogen-bond acceptors (Lipinski definition) is 5. The zero-order valence-corrected chi connectivity index (χ0v) is 28.8. The fraction of sp³-hybridized carbons (Fsp3) is 0.167. The molecule has 0 saturated carbocycles. The van der Waals surface area contributed by atoms with E-state index >= 15 is 0 Å². The molecule has 7 nitrogen and oxygen atoms in total. The number of imidazole rings is 1. The number of ketones is 1. The predicted molar refractivity (Wildman–Crippen MR) is 198 cm³/mol. The van der Waals surface area contributed by atoms with Crippen LogP contribution in [0.5, 0.6) is 0 Å². The Balaban J connectivity index is 1.34. The molecule has 0 aliphatic carbocycles. The summed E-state index contributed by atoms with van der Waals surface area (Å²) in [6.45, 7) is 4.18. The van der Waals surface area contributed by atoms with Crippen molar-refractivity contribution in [2.24, 2.45) is 0 Å². The van der Waals surface area contributed by atoms with Crippen molar-refractivity contribution in [3.05, 3.63) is 178 Å². The number of carbonyl (C=O) groups is 1. The first-order valence-electron chi connectivity index (χ1n) is 16.9. The molecule has 50 heavy (non-hydrogen) atoms. The number of Topliss-reactive ketones (excluding diaryl/α,β-unsaturated/α-hetero) is 1. The Hall–Kier alpha value is -5.66. The molecule has 0 amide bonds. The lowest BCUT2D eigenvalue weighted by Crippen LogP contribution is -2.39. The monoisotopic (exact) mass is 676 g/mol. The van der Waals surface area contributed by atoms with Crippen molar-refractivity contribution in [2.45, 2.75) is 45.2 Å². The molecule has 0 N–H and O–H groups in total. The molecule has 0 unspecified atom stereocenters. The normalized spacial score (nSPS) is 11.5. The highest BCUT2D eigenvalue weighted by Gasteiger charge is 2.42. The second kappa shape index (κ2) is 14.4. The molecular formula is C42H37ClN6O. The first kappa shape index (κ1) is 32.9. The van der Waals surface area contributed by atoms with Gasteiger partial charge in [0.1, 0.15) is 17.1 Å². The van der Waals surface area contributed by atoms with Crippen LogP contribution in [0.2, 0.25) is 5.15 Å². The third kappa shape index (κ3) is 6.05. The van der Waals surface area contributed by atoms with Gasteiger partial charge < -0.3 is 4.57 Å². The lowest BCUT2D eigenvalue weighted by molar-refractivity contribution is 0.100. The number of tetrazole rings is 1. The summed E-state index contributed by atoms with van der Waals surface area (Å²) in [5.74, 6) is 1.38. The molecule has 2 aromatic heterocycles. The standard InChI is InChI=1S/C42H37ClN6O/c1-3-4-24-38-44-40(43)39(30(2)50)48(38)29-31-25-27-32(28-26-31)36-22-14-15-23-37(36)41-45-46-47-49(41)42(33-16-8-5-9-17-33,34-18-10-6-11-19-34)35-20-12-7-13-21-35/h5-23,25-28H,3-4,24,29H2,1-2H3. The Morgan fingerprint density at radius 1 is 0.720 bits per heavy atom. The van der Waals surface area contributed by atoms with Crippen LogP contribution in [0.15, 0.2) is 140 Å². The molecule has 7 aromatic rings. The summed E-state index contributed by atoms with van der Waals surface area (Å²) < 4.78 is 3.93. The molecule has 0 saturated heterocycles. The Morgan fingerprint density at radius 3 is 1.80 bits per heavy atom. The van der Waals surface area contributed by atoms with E-state index in [1.807, 2.05) is 39.6 Å². The van der Waals surface area contributed by atoms with E-state index in [0.717, 1.165) is 64.0 Å². The molecular weight excluding hydrogens is 640 g/mol. The summed E-state index contributed by atoms with van der Waals surface area (Å²) in [6, 6.07) is 47.8. The smallest absolute Gasteiger partial charge is 0.184 e. The number of benzene rings is 5. The average Bonchev–Trinajstić information content (AvgIpc) is 3.77. The summed E-state index contributed by atoms with van der Waals surface area (Å²) in [6.07, 6.45) is 2.76. The number of carbonyl (C=O) groups excluding carboxylic acids is 1. The second-order valence-electron chi connectivity index (χ2n) is 12.4. The summed E-state index contributed by atoms with van der Waals surface area (Å²) in [5, 5.41) is 14.0. The molecule has 0 atom stereocenters. The Kier molecular flexibility index (Phi) is 9.49. The lowest BCUT2D eigenvalue weighted by atomic mass is 9.77. The topological polar surface area (TPSA) is 78.5 Å². The van der Waals surface area contributed by atoms with E-state index in [2.05, 4.69) is 126 Å². The Labute approximate surface area is 297 Å². The highest BCUT2D eigenvalue weighted by Crippen LogP contribution is 2.43. The highest BCUT2D eigenvalue weighted by molar-refractivity contribution is 6.32. The minimum atomic E-state index is -0.866.